The summed E-state index contributed by atoms with van der Waals surface area (Å²) in [5, 5.41) is 2.52. The molecular formula is C57H36N4S. The summed E-state index contributed by atoms with van der Waals surface area (Å²) in [4.78, 5) is 20.9. The van der Waals surface area contributed by atoms with Crippen LogP contribution < -0.4 is 0 Å². The molecule has 0 radical (unpaired) electrons. The minimum atomic E-state index is -0.548. The summed E-state index contributed by atoms with van der Waals surface area (Å²) in [5.41, 5.74) is 13.6. The van der Waals surface area contributed by atoms with Crippen molar-refractivity contribution in [3.05, 3.63) is 241 Å². The molecule has 11 aromatic rings. The standard InChI is InChI=1S/C57H36N4S/c1-4-16-37(17-5-1)38-30-32-39(33-31-38)54-59-55(40-34-35-50(58-36-40)46-25-14-24-44-43-22-11-13-29-51(43)62-53(44)46)61-56(60-54)47-26-15-28-49-52(47)45-23-10-12-27-48(45)57(49,41-18-6-2-7-19-41)42-20-8-3-9-21-42/h1-36H. The number of thiophene rings is 1. The van der Waals surface area contributed by atoms with Crippen LogP contribution in [0.25, 0.3) is 87.8 Å². The quantitative estimate of drug-likeness (QED) is 0.161. The summed E-state index contributed by atoms with van der Waals surface area (Å²) >= 11 is 1.81. The van der Waals surface area contributed by atoms with Crippen LogP contribution in [-0.2, 0) is 5.41 Å². The Hall–Kier alpha value is -7.86. The summed E-state index contributed by atoms with van der Waals surface area (Å²) < 4.78 is 2.51. The molecule has 0 amide bonds. The van der Waals surface area contributed by atoms with E-state index in [1.165, 1.54) is 48.0 Å². The Labute approximate surface area is 363 Å². The van der Waals surface area contributed by atoms with Crippen LogP contribution in [0.1, 0.15) is 22.3 Å². The fraction of sp³-hybridized carbons (Fsp3) is 0.0175. The van der Waals surface area contributed by atoms with Gasteiger partial charge in [0.15, 0.2) is 17.5 Å². The molecule has 3 aromatic heterocycles. The fourth-order valence-corrected chi connectivity index (χ4v) is 10.7. The molecule has 0 N–H and O–H groups in total. The summed E-state index contributed by atoms with van der Waals surface area (Å²) in [6.45, 7) is 0. The number of aromatic nitrogens is 4. The molecule has 0 spiro atoms. The Kier molecular flexibility index (Phi) is 8.54. The van der Waals surface area contributed by atoms with E-state index in [0.29, 0.717) is 17.5 Å². The van der Waals surface area contributed by atoms with Gasteiger partial charge in [-0.2, -0.15) is 0 Å². The van der Waals surface area contributed by atoms with Crippen LogP contribution in [0.4, 0.5) is 0 Å². The number of hydrogen-bond acceptors (Lipinski definition) is 5. The number of hydrogen-bond donors (Lipinski definition) is 0. The van der Waals surface area contributed by atoms with Crippen molar-refractivity contribution in [3.63, 3.8) is 0 Å². The van der Waals surface area contributed by atoms with Crippen LogP contribution in [0.5, 0.6) is 0 Å². The first-order chi connectivity index (χ1) is 30.7. The minimum Gasteiger partial charge on any atom is -0.255 e. The Balaban J connectivity index is 1.05. The third-order valence-corrected chi connectivity index (χ3v) is 13.5. The number of fused-ring (bicyclic) bond motifs is 6. The summed E-state index contributed by atoms with van der Waals surface area (Å²) in [7, 11) is 0. The topological polar surface area (TPSA) is 51.6 Å². The summed E-state index contributed by atoms with van der Waals surface area (Å²) in [6.07, 6.45) is 1.91. The van der Waals surface area contributed by atoms with Gasteiger partial charge in [-0.15, -0.1) is 11.3 Å². The normalized spacial score (nSPS) is 12.6. The molecule has 8 aromatic carbocycles. The van der Waals surface area contributed by atoms with Gasteiger partial charge in [0.2, 0.25) is 0 Å². The molecule has 62 heavy (non-hydrogen) atoms. The zero-order chi connectivity index (χ0) is 41.0. The monoisotopic (exact) mass is 808 g/mol. The van der Waals surface area contributed by atoms with E-state index in [9.17, 15) is 0 Å². The van der Waals surface area contributed by atoms with Crippen molar-refractivity contribution in [1.29, 1.82) is 0 Å². The molecule has 1 aliphatic carbocycles. The summed E-state index contributed by atoms with van der Waals surface area (Å²) in [5.74, 6) is 1.78. The first kappa shape index (κ1) is 36.0. The molecule has 5 heteroatoms. The molecule has 1 aliphatic rings. The third kappa shape index (κ3) is 5.74. The molecule has 0 saturated carbocycles. The van der Waals surface area contributed by atoms with Crippen LogP contribution in [0, 0.1) is 0 Å². The molecule has 0 bridgehead atoms. The Bertz CT molecular complexity index is 3400. The van der Waals surface area contributed by atoms with Gasteiger partial charge in [-0.05, 0) is 62.7 Å². The predicted molar refractivity (Wildman–Crippen MR) is 255 cm³/mol. The second-order valence-electron chi connectivity index (χ2n) is 15.7. The maximum absolute atomic E-state index is 5.33. The highest BCUT2D eigenvalue weighted by atomic mass is 32.1. The van der Waals surface area contributed by atoms with Gasteiger partial charge in [0.05, 0.1) is 11.1 Å². The van der Waals surface area contributed by atoms with E-state index >= 15 is 0 Å². The van der Waals surface area contributed by atoms with Gasteiger partial charge in [0.1, 0.15) is 0 Å². The highest BCUT2D eigenvalue weighted by Gasteiger charge is 2.47. The molecular weight excluding hydrogens is 773 g/mol. The molecule has 0 fully saturated rings. The van der Waals surface area contributed by atoms with E-state index in [2.05, 4.69) is 206 Å². The van der Waals surface area contributed by atoms with Gasteiger partial charge in [-0.25, -0.2) is 15.0 Å². The van der Waals surface area contributed by atoms with E-state index in [4.69, 9.17) is 19.9 Å². The van der Waals surface area contributed by atoms with Crippen molar-refractivity contribution in [2.24, 2.45) is 0 Å². The van der Waals surface area contributed by atoms with Gasteiger partial charge < -0.3 is 0 Å². The number of nitrogens with zero attached hydrogens (tertiary/aromatic N) is 4. The van der Waals surface area contributed by atoms with E-state index in [1.54, 1.807) is 0 Å². The van der Waals surface area contributed by atoms with Crippen molar-refractivity contribution >= 4 is 31.5 Å². The molecule has 0 unspecified atom stereocenters. The Morgan fingerprint density at radius 3 is 1.63 bits per heavy atom. The van der Waals surface area contributed by atoms with Crippen LogP contribution in [0.2, 0.25) is 0 Å². The van der Waals surface area contributed by atoms with Crippen LogP contribution >= 0.6 is 11.3 Å². The average Bonchev–Trinajstić information content (AvgIpc) is 3.89. The maximum atomic E-state index is 5.33. The predicted octanol–water partition coefficient (Wildman–Crippen LogP) is 14.3. The average molecular weight is 809 g/mol. The van der Waals surface area contributed by atoms with E-state index in [-0.39, 0.29) is 0 Å². The van der Waals surface area contributed by atoms with Crippen LogP contribution in [-0.4, -0.2) is 19.9 Å². The van der Waals surface area contributed by atoms with E-state index < -0.39 is 5.41 Å². The van der Waals surface area contributed by atoms with Crippen molar-refractivity contribution in [2.45, 2.75) is 5.41 Å². The van der Waals surface area contributed by atoms with Crippen molar-refractivity contribution in [1.82, 2.24) is 19.9 Å². The van der Waals surface area contributed by atoms with E-state index in [1.807, 2.05) is 23.6 Å². The van der Waals surface area contributed by atoms with Gasteiger partial charge >= 0.3 is 0 Å². The lowest BCUT2D eigenvalue weighted by Crippen LogP contribution is -2.28. The van der Waals surface area contributed by atoms with Gasteiger partial charge in [0.25, 0.3) is 0 Å². The van der Waals surface area contributed by atoms with E-state index in [0.717, 1.165) is 44.6 Å². The SMILES string of the molecule is c1ccc(-c2ccc(-c3nc(-c4ccc(-c5cccc6c5sc5ccccc56)nc4)nc(-c4cccc5c4-c4ccccc4C5(c4ccccc4)c4ccccc4)n3)cc2)cc1. The van der Waals surface area contributed by atoms with Crippen LogP contribution in [0.3, 0.4) is 0 Å². The lowest BCUT2D eigenvalue weighted by molar-refractivity contribution is 0.768. The zero-order valence-electron chi connectivity index (χ0n) is 33.5. The van der Waals surface area contributed by atoms with Crippen molar-refractivity contribution < 1.29 is 0 Å². The second-order valence-corrected chi connectivity index (χ2v) is 16.8. The first-order valence-electron chi connectivity index (χ1n) is 20.9. The molecule has 3 heterocycles. The highest BCUT2D eigenvalue weighted by molar-refractivity contribution is 7.26. The third-order valence-electron chi connectivity index (χ3n) is 12.3. The summed E-state index contributed by atoms with van der Waals surface area (Å²) in [6, 6.07) is 75.4. The zero-order valence-corrected chi connectivity index (χ0v) is 34.3. The number of pyridine rings is 1. The smallest absolute Gasteiger partial charge is 0.165 e. The number of rotatable bonds is 7. The van der Waals surface area contributed by atoms with Crippen molar-refractivity contribution in [3.8, 4) is 67.7 Å². The Morgan fingerprint density at radius 1 is 0.355 bits per heavy atom. The maximum Gasteiger partial charge on any atom is 0.165 e. The lowest BCUT2D eigenvalue weighted by atomic mass is 9.67. The highest BCUT2D eigenvalue weighted by Crippen LogP contribution is 2.58. The van der Waals surface area contributed by atoms with Crippen molar-refractivity contribution in [2.75, 3.05) is 0 Å². The fourth-order valence-electron chi connectivity index (χ4n) is 9.51. The number of benzene rings is 8. The molecule has 12 rings (SSSR count). The molecule has 0 saturated heterocycles. The van der Waals surface area contributed by atoms with Gasteiger partial charge in [-0.3, -0.25) is 4.98 Å². The lowest BCUT2D eigenvalue weighted by Gasteiger charge is -2.33. The first-order valence-corrected chi connectivity index (χ1v) is 21.7. The van der Waals surface area contributed by atoms with Crippen LogP contribution in [0.15, 0.2) is 219 Å². The molecule has 4 nitrogen and oxygen atoms in total. The molecule has 0 atom stereocenters. The minimum absolute atomic E-state index is 0.548. The largest absolute Gasteiger partial charge is 0.255 e. The molecule has 0 aliphatic heterocycles. The Morgan fingerprint density at radius 2 is 0.887 bits per heavy atom. The second kappa shape index (κ2) is 14.7. The van der Waals surface area contributed by atoms with Gasteiger partial charge in [0, 0.05) is 48.6 Å². The molecule has 290 valence electrons. The van der Waals surface area contributed by atoms with Gasteiger partial charge in [-0.1, -0.05) is 194 Å².